The molecule has 3 rings (SSSR count). The Kier molecular flexibility index (Phi) is 6.87. The first kappa shape index (κ1) is 22.2. The summed E-state index contributed by atoms with van der Waals surface area (Å²) in [5, 5.41) is 10.1. The van der Waals surface area contributed by atoms with Gasteiger partial charge in [-0.05, 0) is 31.2 Å². The molecule has 0 aliphatic rings. The Hall–Kier alpha value is -3.06. The largest absolute Gasteiger partial charge is 0.502 e. The summed E-state index contributed by atoms with van der Waals surface area (Å²) in [7, 11) is 8.59. The summed E-state index contributed by atoms with van der Waals surface area (Å²) in [4.78, 5) is 10.1. The van der Waals surface area contributed by atoms with E-state index in [1.807, 2.05) is 44.1 Å². The van der Waals surface area contributed by atoms with E-state index >= 15 is 0 Å². The fraction of sp³-hybridized carbons (Fsp3) is 0.286. The van der Waals surface area contributed by atoms with Crippen molar-refractivity contribution in [1.29, 1.82) is 0 Å². The lowest BCUT2D eigenvalue weighted by Gasteiger charge is -2.17. The zero-order valence-electron chi connectivity index (χ0n) is 17.4. The summed E-state index contributed by atoms with van der Waals surface area (Å²) in [6, 6.07) is 9.43. The number of imidazole rings is 1. The Bertz CT molecular complexity index is 977. The van der Waals surface area contributed by atoms with E-state index in [1.165, 1.54) is 14.2 Å². The minimum atomic E-state index is -0.0405. The van der Waals surface area contributed by atoms with Crippen LogP contribution < -0.4 is 19.1 Å². The first-order valence-electron chi connectivity index (χ1n) is 8.77. The van der Waals surface area contributed by atoms with Crippen molar-refractivity contribution in [2.24, 2.45) is 0 Å². The highest BCUT2D eigenvalue weighted by Gasteiger charge is 2.17. The van der Waals surface area contributed by atoms with Gasteiger partial charge in [0.1, 0.15) is 11.6 Å². The molecule has 0 unspecified atom stereocenters. The molecule has 1 aromatic heterocycles. The average Bonchev–Trinajstić information content (AvgIpc) is 3.09. The lowest BCUT2D eigenvalue weighted by molar-refractivity contribution is 0.340. The molecule has 156 valence electrons. The zero-order chi connectivity index (χ0) is 20.4. The molecule has 0 saturated carbocycles. The molecular weight excluding hydrogens is 394 g/mol. The second-order valence-corrected chi connectivity index (χ2v) is 6.57. The van der Waals surface area contributed by atoms with Crippen LogP contribution in [0.2, 0.25) is 0 Å². The SMILES string of the molecule is COc1cc(-c2nc(-c3cc(OC)c(O)c(OC)c3)[nH]c2C)ccc1N(C)C.Cl. The average molecular weight is 420 g/mol. The number of H-pyrrole nitrogens is 1. The van der Waals surface area contributed by atoms with Gasteiger partial charge in [-0.2, -0.15) is 0 Å². The van der Waals surface area contributed by atoms with Crippen molar-refractivity contribution in [3.8, 4) is 45.6 Å². The van der Waals surface area contributed by atoms with Crippen molar-refractivity contribution < 1.29 is 19.3 Å². The molecule has 0 amide bonds. The number of nitrogens with zero attached hydrogens (tertiary/aromatic N) is 2. The predicted molar refractivity (Wildman–Crippen MR) is 117 cm³/mol. The van der Waals surface area contributed by atoms with E-state index in [2.05, 4.69) is 4.98 Å². The van der Waals surface area contributed by atoms with Crippen LogP contribution in [0.15, 0.2) is 30.3 Å². The number of methoxy groups -OCH3 is 3. The van der Waals surface area contributed by atoms with E-state index in [4.69, 9.17) is 19.2 Å². The molecule has 1 heterocycles. The minimum Gasteiger partial charge on any atom is -0.502 e. The molecule has 2 N–H and O–H groups in total. The Morgan fingerprint density at radius 3 is 1.97 bits per heavy atom. The van der Waals surface area contributed by atoms with Crippen LogP contribution >= 0.6 is 12.4 Å². The highest BCUT2D eigenvalue weighted by molar-refractivity contribution is 5.85. The minimum absolute atomic E-state index is 0. The number of aromatic nitrogens is 2. The summed E-state index contributed by atoms with van der Waals surface area (Å²) >= 11 is 0. The van der Waals surface area contributed by atoms with E-state index < -0.39 is 0 Å². The first-order valence-corrected chi connectivity index (χ1v) is 8.77. The lowest BCUT2D eigenvalue weighted by atomic mass is 10.1. The van der Waals surface area contributed by atoms with Crippen molar-refractivity contribution >= 4 is 18.1 Å². The zero-order valence-corrected chi connectivity index (χ0v) is 18.2. The van der Waals surface area contributed by atoms with Gasteiger partial charge in [-0.15, -0.1) is 12.4 Å². The van der Waals surface area contributed by atoms with Gasteiger partial charge in [-0.3, -0.25) is 0 Å². The quantitative estimate of drug-likeness (QED) is 0.621. The van der Waals surface area contributed by atoms with Crippen LogP contribution in [0, 0.1) is 6.92 Å². The number of aryl methyl sites for hydroxylation is 1. The Morgan fingerprint density at radius 2 is 1.45 bits per heavy atom. The molecule has 0 fully saturated rings. The van der Waals surface area contributed by atoms with E-state index in [-0.39, 0.29) is 18.2 Å². The highest BCUT2D eigenvalue weighted by atomic mass is 35.5. The number of aromatic hydroxyl groups is 1. The monoisotopic (exact) mass is 419 g/mol. The molecule has 3 aromatic rings. The van der Waals surface area contributed by atoms with Crippen LogP contribution in [-0.4, -0.2) is 50.5 Å². The fourth-order valence-corrected chi connectivity index (χ4v) is 3.10. The maximum atomic E-state index is 10.1. The number of hydrogen-bond acceptors (Lipinski definition) is 6. The van der Waals surface area contributed by atoms with Crippen LogP contribution in [0.5, 0.6) is 23.0 Å². The molecule has 29 heavy (non-hydrogen) atoms. The number of anilines is 1. The van der Waals surface area contributed by atoms with Crippen LogP contribution in [0.4, 0.5) is 5.69 Å². The first-order chi connectivity index (χ1) is 13.4. The Labute approximate surface area is 176 Å². The van der Waals surface area contributed by atoms with Crippen LogP contribution in [-0.2, 0) is 0 Å². The van der Waals surface area contributed by atoms with Gasteiger partial charge in [0.05, 0.1) is 32.7 Å². The van der Waals surface area contributed by atoms with Crippen LogP contribution in [0.1, 0.15) is 5.69 Å². The molecule has 8 heteroatoms. The number of hydrogen-bond donors (Lipinski definition) is 2. The van der Waals surface area contributed by atoms with Gasteiger partial charge in [0.2, 0.25) is 5.75 Å². The van der Waals surface area contributed by atoms with E-state index in [0.717, 1.165) is 34.0 Å². The van der Waals surface area contributed by atoms with Gasteiger partial charge < -0.3 is 29.2 Å². The summed E-state index contributed by atoms with van der Waals surface area (Å²) in [6.07, 6.45) is 0. The highest BCUT2D eigenvalue weighted by Crippen LogP contribution is 2.40. The number of aromatic amines is 1. The Morgan fingerprint density at radius 1 is 0.897 bits per heavy atom. The maximum Gasteiger partial charge on any atom is 0.200 e. The second kappa shape index (κ2) is 8.96. The Balaban J connectivity index is 0.00000300. The van der Waals surface area contributed by atoms with Crippen LogP contribution in [0.25, 0.3) is 22.6 Å². The molecule has 7 nitrogen and oxygen atoms in total. The van der Waals surface area contributed by atoms with Gasteiger partial charge in [0.15, 0.2) is 11.5 Å². The summed E-state index contributed by atoms with van der Waals surface area (Å²) < 4.78 is 16.0. The van der Waals surface area contributed by atoms with Crippen molar-refractivity contribution in [2.75, 3.05) is 40.3 Å². The van der Waals surface area contributed by atoms with E-state index in [0.29, 0.717) is 17.3 Å². The van der Waals surface area contributed by atoms with Gasteiger partial charge in [-0.25, -0.2) is 4.98 Å². The summed E-state index contributed by atoms with van der Waals surface area (Å²) in [5.41, 5.74) is 4.43. The number of benzene rings is 2. The number of halogens is 1. The molecule has 0 radical (unpaired) electrons. The van der Waals surface area contributed by atoms with Crippen LogP contribution in [0.3, 0.4) is 0 Å². The van der Waals surface area contributed by atoms with Crippen molar-refractivity contribution in [3.05, 3.63) is 36.0 Å². The number of phenols is 1. The standard InChI is InChI=1S/C21H25N3O4.ClH/c1-12-19(13-7-8-15(24(2)3)16(9-13)26-4)23-21(22-12)14-10-17(27-5)20(25)18(11-14)28-6;/h7-11,25H,1-6H3,(H,22,23);1H. The molecule has 0 saturated heterocycles. The number of nitrogens with one attached hydrogen (secondary N) is 1. The van der Waals surface area contributed by atoms with Crippen molar-refractivity contribution in [1.82, 2.24) is 9.97 Å². The third-order valence-electron chi connectivity index (χ3n) is 4.57. The molecule has 0 spiro atoms. The van der Waals surface area contributed by atoms with Crippen molar-refractivity contribution in [3.63, 3.8) is 0 Å². The molecule has 0 aliphatic carbocycles. The van der Waals surface area contributed by atoms with E-state index in [1.54, 1.807) is 19.2 Å². The molecule has 2 aromatic carbocycles. The predicted octanol–water partition coefficient (Wildman–Crippen LogP) is 4.27. The molecule has 0 atom stereocenters. The second-order valence-electron chi connectivity index (χ2n) is 6.57. The lowest BCUT2D eigenvalue weighted by Crippen LogP contribution is -2.10. The van der Waals surface area contributed by atoms with Gasteiger partial charge in [0.25, 0.3) is 0 Å². The summed E-state index contributed by atoms with van der Waals surface area (Å²) in [5.74, 6) is 2.03. The maximum absolute atomic E-state index is 10.1. The third kappa shape index (κ3) is 4.19. The van der Waals surface area contributed by atoms with Gasteiger partial charge >= 0.3 is 0 Å². The summed E-state index contributed by atoms with van der Waals surface area (Å²) in [6.45, 7) is 1.97. The third-order valence-corrected chi connectivity index (χ3v) is 4.57. The van der Waals surface area contributed by atoms with Gasteiger partial charge in [-0.1, -0.05) is 6.07 Å². The fourth-order valence-electron chi connectivity index (χ4n) is 3.10. The molecule has 0 aliphatic heterocycles. The van der Waals surface area contributed by atoms with Gasteiger partial charge in [0, 0.05) is 30.9 Å². The van der Waals surface area contributed by atoms with Crippen molar-refractivity contribution in [2.45, 2.75) is 6.92 Å². The topological polar surface area (TPSA) is 79.8 Å². The number of phenolic OH excluding ortho intramolecular Hbond substituents is 1. The van der Waals surface area contributed by atoms with E-state index in [9.17, 15) is 5.11 Å². The molecule has 0 bridgehead atoms. The molecular formula is C21H26ClN3O4. The normalized spacial score (nSPS) is 10.3. The smallest absolute Gasteiger partial charge is 0.200 e. The number of ether oxygens (including phenoxy) is 3. The number of rotatable bonds is 6.